The maximum Gasteiger partial charge on any atom is 0.252 e. The number of imide groups is 1. The molecule has 1 saturated heterocycles. The molecular formula is C12H20N2O3. The van der Waals surface area contributed by atoms with Gasteiger partial charge in [0.2, 0.25) is 11.8 Å². The monoisotopic (exact) mass is 240 g/mol. The molecule has 1 fully saturated rings. The first-order valence-electron chi connectivity index (χ1n) is 5.96. The molecule has 1 aliphatic heterocycles. The van der Waals surface area contributed by atoms with Crippen LogP contribution in [0.2, 0.25) is 0 Å². The van der Waals surface area contributed by atoms with Crippen LogP contribution < -0.4 is 5.32 Å². The van der Waals surface area contributed by atoms with Gasteiger partial charge in [-0.2, -0.15) is 0 Å². The van der Waals surface area contributed by atoms with Gasteiger partial charge in [-0.15, -0.1) is 0 Å². The molecule has 5 heteroatoms. The summed E-state index contributed by atoms with van der Waals surface area (Å²) < 4.78 is 0. The predicted octanol–water partition coefficient (Wildman–Crippen LogP) is 0.686. The average Bonchev–Trinajstić information content (AvgIpc) is 2.23. The fraction of sp³-hybridized carbons (Fsp3) is 0.750. The summed E-state index contributed by atoms with van der Waals surface area (Å²) in [5.41, 5.74) is -0.951. The second-order valence-corrected chi connectivity index (χ2v) is 5.05. The summed E-state index contributed by atoms with van der Waals surface area (Å²) in [5.74, 6) is -1.10. The normalized spacial score (nSPS) is 21.1. The summed E-state index contributed by atoms with van der Waals surface area (Å²) in [6.45, 7) is 7.12. The van der Waals surface area contributed by atoms with Crippen LogP contribution in [0.4, 0.5) is 0 Å². The van der Waals surface area contributed by atoms with E-state index in [4.69, 9.17) is 0 Å². The maximum atomic E-state index is 12.2. The fourth-order valence-electron chi connectivity index (χ4n) is 1.96. The Hall–Kier alpha value is -1.39. The van der Waals surface area contributed by atoms with Crippen molar-refractivity contribution in [2.75, 3.05) is 6.54 Å². The Morgan fingerprint density at radius 2 is 2.06 bits per heavy atom. The van der Waals surface area contributed by atoms with Gasteiger partial charge < -0.3 is 4.90 Å². The third-order valence-electron chi connectivity index (χ3n) is 3.19. The van der Waals surface area contributed by atoms with Crippen LogP contribution in [-0.2, 0) is 14.4 Å². The third-order valence-corrected chi connectivity index (χ3v) is 3.19. The molecule has 3 amide bonds. The first kappa shape index (κ1) is 13.7. The van der Waals surface area contributed by atoms with Crippen molar-refractivity contribution in [2.45, 2.75) is 46.1 Å². The van der Waals surface area contributed by atoms with Gasteiger partial charge in [-0.1, -0.05) is 20.3 Å². The van der Waals surface area contributed by atoms with Gasteiger partial charge in [0.25, 0.3) is 5.91 Å². The van der Waals surface area contributed by atoms with Gasteiger partial charge in [-0.3, -0.25) is 19.7 Å². The van der Waals surface area contributed by atoms with Gasteiger partial charge >= 0.3 is 0 Å². The van der Waals surface area contributed by atoms with Crippen molar-refractivity contribution >= 4 is 17.7 Å². The van der Waals surface area contributed by atoms with E-state index in [0.717, 1.165) is 12.8 Å². The highest BCUT2D eigenvalue weighted by Crippen LogP contribution is 2.22. The Morgan fingerprint density at radius 3 is 2.59 bits per heavy atom. The topological polar surface area (TPSA) is 66.5 Å². The van der Waals surface area contributed by atoms with Crippen LogP contribution in [0.15, 0.2) is 0 Å². The smallest absolute Gasteiger partial charge is 0.252 e. The second kappa shape index (κ2) is 4.85. The highest BCUT2D eigenvalue weighted by molar-refractivity contribution is 6.06. The molecule has 1 rings (SSSR count). The molecule has 0 aromatic carbocycles. The van der Waals surface area contributed by atoms with Crippen LogP contribution in [0.25, 0.3) is 0 Å². The predicted molar refractivity (Wildman–Crippen MR) is 63.0 cm³/mol. The molecule has 5 nitrogen and oxygen atoms in total. The Labute approximate surface area is 102 Å². The van der Waals surface area contributed by atoms with Crippen molar-refractivity contribution in [3.63, 3.8) is 0 Å². The lowest BCUT2D eigenvalue weighted by atomic mass is 9.95. The summed E-state index contributed by atoms with van der Waals surface area (Å²) in [6.07, 6.45) is 1.67. The third kappa shape index (κ3) is 2.65. The Kier molecular flexibility index (Phi) is 3.91. The first-order valence-corrected chi connectivity index (χ1v) is 5.96. The lowest BCUT2D eigenvalue weighted by molar-refractivity contribution is -0.157. The molecule has 0 aromatic rings. The van der Waals surface area contributed by atoms with Crippen LogP contribution in [-0.4, -0.2) is 34.7 Å². The van der Waals surface area contributed by atoms with Gasteiger partial charge in [0.05, 0.1) is 0 Å². The number of hydrogen-bond acceptors (Lipinski definition) is 3. The molecule has 1 heterocycles. The van der Waals surface area contributed by atoms with E-state index in [2.05, 4.69) is 5.32 Å². The van der Waals surface area contributed by atoms with Crippen molar-refractivity contribution in [1.29, 1.82) is 0 Å². The van der Waals surface area contributed by atoms with Crippen molar-refractivity contribution in [3.8, 4) is 0 Å². The number of rotatable bonds is 3. The molecule has 1 unspecified atom stereocenters. The van der Waals surface area contributed by atoms with E-state index in [0.29, 0.717) is 0 Å². The summed E-state index contributed by atoms with van der Waals surface area (Å²) in [4.78, 5) is 36.6. The number of carbonyl (C=O) groups excluding carboxylic acids is 3. The van der Waals surface area contributed by atoms with Gasteiger partial charge in [0.1, 0.15) is 12.1 Å². The van der Waals surface area contributed by atoms with Crippen molar-refractivity contribution in [2.24, 2.45) is 5.92 Å². The minimum absolute atomic E-state index is 0.0361. The van der Waals surface area contributed by atoms with Crippen LogP contribution in [0.1, 0.15) is 40.5 Å². The average molecular weight is 240 g/mol. The number of carbonyl (C=O) groups is 3. The zero-order valence-corrected chi connectivity index (χ0v) is 10.9. The summed E-state index contributed by atoms with van der Waals surface area (Å²) in [5, 5.41) is 2.25. The van der Waals surface area contributed by atoms with Gasteiger partial charge in [0, 0.05) is 5.92 Å². The Morgan fingerprint density at radius 1 is 1.47 bits per heavy atom. The molecule has 0 aromatic heterocycles. The Balaban J connectivity index is 2.90. The molecule has 0 saturated carbocycles. The quantitative estimate of drug-likeness (QED) is 0.738. The number of piperazine rings is 1. The molecular weight excluding hydrogens is 220 g/mol. The van der Waals surface area contributed by atoms with Crippen LogP contribution in [0.5, 0.6) is 0 Å². The van der Waals surface area contributed by atoms with E-state index in [-0.39, 0.29) is 18.4 Å². The number of nitrogens with one attached hydrogen (secondary N) is 1. The minimum Gasteiger partial charge on any atom is -0.319 e. The lowest BCUT2D eigenvalue weighted by Crippen LogP contribution is -2.66. The zero-order valence-electron chi connectivity index (χ0n) is 10.9. The molecule has 1 atom stereocenters. The first-order chi connectivity index (χ1) is 7.80. The largest absolute Gasteiger partial charge is 0.319 e. The molecule has 17 heavy (non-hydrogen) atoms. The van der Waals surface area contributed by atoms with Crippen LogP contribution in [0.3, 0.4) is 0 Å². The van der Waals surface area contributed by atoms with E-state index in [1.54, 1.807) is 13.8 Å². The molecule has 1 aliphatic rings. The highest BCUT2D eigenvalue weighted by Gasteiger charge is 2.44. The second-order valence-electron chi connectivity index (χ2n) is 5.05. The van der Waals surface area contributed by atoms with Crippen molar-refractivity contribution in [1.82, 2.24) is 10.2 Å². The molecule has 0 aliphatic carbocycles. The molecule has 0 bridgehead atoms. The maximum absolute atomic E-state index is 12.2. The minimum atomic E-state index is -0.951. The van der Waals surface area contributed by atoms with E-state index in [9.17, 15) is 14.4 Å². The molecule has 0 radical (unpaired) electrons. The summed E-state index contributed by atoms with van der Waals surface area (Å²) in [7, 11) is 0. The van der Waals surface area contributed by atoms with E-state index < -0.39 is 17.4 Å². The number of amides is 3. The fourth-order valence-corrected chi connectivity index (χ4v) is 1.96. The van der Waals surface area contributed by atoms with Gasteiger partial charge in [-0.05, 0) is 20.3 Å². The van der Waals surface area contributed by atoms with Crippen molar-refractivity contribution in [3.05, 3.63) is 0 Å². The number of hydrogen-bond donors (Lipinski definition) is 1. The van der Waals surface area contributed by atoms with Crippen LogP contribution >= 0.6 is 0 Å². The highest BCUT2D eigenvalue weighted by atomic mass is 16.2. The SMILES string of the molecule is CCCC(C)C(=O)N1CC(=O)NC(=O)C1(C)C. The molecule has 0 spiro atoms. The van der Waals surface area contributed by atoms with E-state index >= 15 is 0 Å². The van der Waals surface area contributed by atoms with Crippen LogP contribution in [0, 0.1) is 5.92 Å². The lowest BCUT2D eigenvalue weighted by Gasteiger charge is -2.41. The number of nitrogens with zero attached hydrogens (tertiary/aromatic N) is 1. The molecule has 1 N–H and O–H groups in total. The van der Waals surface area contributed by atoms with E-state index in [1.807, 2.05) is 13.8 Å². The summed E-state index contributed by atoms with van der Waals surface area (Å²) >= 11 is 0. The molecule has 96 valence electrons. The zero-order chi connectivity index (χ0) is 13.2. The Bertz CT molecular complexity index is 350. The van der Waals surface area contributed by atoms with Crippen molar-refractivity contribution < 1.29 is 14.4 Å². The van der Waals surface area contributed by atoms with E-state index in [1.165, 1.54) is 4.90 Å². The van der Waals surface area contributed by atoms with Gasteiger partial charge in [0.15, 0.2) is 0 Å². The standard InChI is InChI=1S/C12H20N2O3/c1-5-6-8(2)10(16)14-7-9(15)13-11(17)12(14,3)4/h8H,5-7H2,1-4H3,(H,13,15,17). The summed E-state index contributed by atoms with van der Waals surface area (Å²) in [6, 6.07) is 0. The van der Waals surface area contributed by atoms with Gasteiger partial charge in [-0.25, -0.2) is 0 Å².